The predicted molar refractivity (Wildman–Crippen MR) is 42.1 cm³/mol. The number of halogens is 3. The number of nitrogens with one attached hydrogen (secondary N) is 1. The van der Waals surface area contributed by atoms with Crippen LogP contribution in [0.25, 0.3) is 10.9 Å². The van der Waals surface area contributed by atoms with Crippen LogP contribution in [0, 0.1) is 6.07 Å². The molecule has 0 aliphatic carbocycles. The molecule has 2 rings (SSSR count). The Hall–Kier alpha value is -1.45. The van der Waals surface area contributed by atoms with Crippen molar-refractivity contribution in [2.24, 2.45) is 0 Å². The molecule has 1 nitrogen and oxygen atoms in total. The van der Waals surface area contributed by atoms with Gasteiger partial charge < -0.3 is 4.98 Å². The largest absolute Gasteiger partial charge is 0.418 e. The van der Waals surface area contributed by atoms with Crippen LogP contribution in [0.2, 0.25) is 0 Å². The third-order valence-electron chi connectivity index (χ3n) is 1.81. The Morgan fingerprint density at radius 3 is 2.69 bits per heavy atom. The van der Waals surface area contributed by atoms with Gasteiger partial charge in [-0.15, -0.1) is 0 Å². The summed E-state index contributed by atoms with van der Waals surface area (Å²) < 4.78 is 37.1. The van der Waals surface area contributed by atoms with Crippen LogP contribution in [0.4, 0.5) is 13.2 Å². The van der Waals surface area contributed by atoms with E-state index in [2.05, 4.69) is 11.1 Å². The van der Waals surface area contributed by atoms with Crippen LogP contribution in [0.5, 0.6) is 0 Å². The number of rotatable bonds is 0. The van der Waals surface area contributed by atoms with Crippen molar-refractivity contribution in [2.45, 2.75) is 6.18 Å². The SMILES string of the molecule is FC(F)(F)c1cccc2[c]c[nH]c12. The highest BCUT2D eigenvalue weighted by Gasteiger charge is 2.32. The van der Waals surface area contributed by atoms with E-state index in [1.54, 1.807) is 6.07 Å². The van der Waals surface area contributed by atoms with Gasteiger partial charge in [-0.05, 0) is 6.07 Å². The number of aromatic amines is 1. The van der Waals surface area contributed by atoms with Gasteiger partial charge in [0.2, 0.25) is 0 Å². The fraction of sp³-hybridized carbons (Fsp3) is 0.111. The van der Waals surface area contributed by atoms with E-state index in [4.69, 9.17) is 0 Å². The molecule has 13 heavy (non-hydrogen) atoms. The molecule has 0 saturated heterocycles. The minimum absolute atomic E-state index is 0.0926. The maximum atomic E-state index is 12.4. The van der Waals surface area contributed by atoms with Crippen molar-refractivity contribution in [3.8, 4) is 0 Å². The van der Waals surface area contributed by atoms with Crippen molar-refractivity contribution in [3.05, 3.63) is 36.0 Å². The molecule has 0 spiro atoms. The van der Waals surface area contributed by atoms with Gasteiger partial charge in [0, 0.05) is 17.6 Å². The van der Waals surface area contributed by atoms with E-state index in [0.29, 0.717) is 5.39 Å². The number of aromatic nitrogens is 1. The van der Waals surface area contributed by atoms with Crippen LogP contribution in [0.3, 0.4) is 0 Å². The van der Waals surface area contributed by atoms with Gasteiger partial charge in [0.15, 0.2) is 0 Å². The van der Waals surface area contributed by atoms with Crippen LogP contribution >= 0.6 is 0 Å². The molecule has 0 aliphatic heterocycles. The first kappa shape index (κ1) is 8.16. The lowest BCUT2D eigenvalue weighted by atomic mass is 10.1. The molecular formula is C9H5F3N. The number of hydrogen-bond acceptors (Lipinski definition) is 0. The van der Waals surface area contributed by atoms with Crippen molar-refractivity contribution < 1.29 is 13.2 Å². The van der Waals surface area contributed by atoms with Gasteiger partial charge >= 0.3 is 6.18 Å². The molecule has 1 N–H and O–H groups in total. The molecule has 0 atom stereocenters. The lowest BCUT2D eigenvalue weighted by molar-refractivity contribution is -0.136. The van der Waals surface area contributed by atoms with Gasteiger partial charge in [-0.2, -0.15) is 13.2 Å². The van der Waals surface area contributed by atoms with E-state index in [-0.39, 0.29) is 5.52 Å². The Morgan fingerprint density at radius 2 is 2.00 bits per heavy atom. The Bertz CT molecular complexity index is 428. The van der Waals surface area contributed by atoms with Gasteiger partial charge in [0.05, 0.1) is 11.1 Å². The van der Waals surface area contributed by atoms with E-state index in [1.165, 1.54) is 12.3 Å². The minimum atomic E-state index is -4.31. The molecule has 67 valence electrons. The van der Waals surface area contributed by atoms with Gasteiger partial charge in [0.25, 0.3) is 0 Å². The highest BCUT2D eigenvalue weighted by Crippen LogP contribution is 2.33. The second-order valence-corrected chi connectivity index (χ2v) is 2.66. The maximum absolute atomic E-state index is 12.4. The van der Waals surface area contributed by atoms with Crippen molar-refractivity contribution in [3.63, 3.8) is 0 Å². The molecule has 0 bridgehead atoms. The van der Waals surface area contributed by atoms with Crippen LogP contribution in [-0.2, 0) is 6.18 Å². The number of fused-ring (bicyclic) bond motifs is 1. The van der Waals surface area contributed by atoms with E-state index in [0.717, 1.165) is 6.07 Å². The van der Waals surface area contributed by atoms with Crippen molar-refractivity contribution in [2.75, 3.05) is 0 Å². The predicted octanol–water partition coefficient (Wildman–Crippen LogP) is 2.99. The molecule has 2 aromatic rings. The van der Waals surface area contributed by atoms with Gasteiger partial charge in [0.1, 0.15) is 0 Å². The standard InChI is InChI=1S/C9H5F3N/c10-9(11,12)7-3-1-2-6-4-5-13-8(6)7/h1-3,5,13H. The van der Waals surface area contributed by atoms with E-state index < -0.39 is 11.7 Å². The second kappa shape index (κ2) is 2.52. The van der Waals surface area contributed by atoms with Gasteiger partial charge in [-0.3, -0.25) is 0 Å². The highest BCUT2D eigenvalue weighted by atomic mass is 19.4. The first-order chi connectivity index (χ1) is 6.09. The molecule has 1 radical (unpaired) electrons. The number of alkyl halides is 3. The van der Waals surface area contributed by atoms with Crippen LogP contribution in [0.15, 0.2) is 24.4 Å². The van der Waals surface area contributed by atoms with Crippen LogP contribution in [-0.4, -0.2) is 4.98 Å². The molecule has 0 fully saturated rings. The summed E-state index contributed by atoms with van der Waals surface area (Å²) in [4.78, 5) is 2.52. The molecule has 4 heteroatoms. The molecular weight excluding hydrogens is 179 g/mol. The van der Waals surface area contributed by atoms with Gasteiger partial charge in [-0.1, -0.05) is 12.1 Å². The van der Waals surface area contributed by atoms with E-state index in [9.17, 15) is 13.2 Å². The van der Waals surface area contributed by atoms with Crippen molar-refractivity contribution in [1.29, 1.82) is 0 Å². The monoisotopic (exact) mass is 184 g/mol. The first-order valence-electron chi connectivity index (χ1n) is 3.64. The molecule has 0 aliphatic rings. The number of benzene rings is 1. The highest BCUT2D eigenvalue weighted by molar-refractivity contribution is 5.82. The summed E-state index contributed by atoms with van der Waals surface area (Å²) in [6.07, 6.45) is -2.93. The Labute approximate surface area is 72.2 Å². The summed E-state index contributed by atoms with van der Waals surface area (Å²) in [5.74, 6) is 0. The second-order valence-electron chi connectivity index (χ2n) is 2.66. The number of H-pyrrole nitrogens is 1. The average molecular weight is 184 g/mol. The summed E-state index contributed by atoms with van der Waals surface area (Å²) in [7, 11) is 0. The third-order valence-corrected chi connectivity index (χ3v) is 1.81. The quantitative estimate of drug-likeness (QED) is 0.647. The first-order valence-corrected chi connectivity index (χ1v) is 3.64. The summed E-state index contributed by atoms with van der Waals surface area (Å²) in [5, 5.41) is 0.454. The summed E-state index contributed by atoms with van der Waals surface area (Å²) in [5.41, 5.74) is -0.554. The summed E-state index contributed by atoms with van der Waals surface area (Å²) >= 11 is 0. The maximum Gasteiger partial charge on any atom is 0.418 e. The lowest BCUT2D eigenvalue weighted by Crippen LogP contribution is -2.05. The van der Waals surface area contributed by atoms with Gasteiger partial charge in [-0.25, -0.2) is 0 Å². The van der Waals surface area contributed by atoms with E-state index in [1.807, 2.05) is 0 Å². The fourth-order valence-corrected chi connectivity index (χ4v) is 1.25. The van der Waals surface area contributed by atoms with Crippen LogP contribution < -0.4 is 0 Å². The molecule has 1 heterocycles. The smallest absolute Gasteiger partial charge is 0.360 e. The molecule has 1 aromatic heterocycles. The van der Waals surface area contributed by atoms with E-state index >= 15 is 0 Å². The Morgan fingerprint density at radius 1 is 1.23 bits per heavy atom. The molecule has 0 amide bonds. The lowest BCUT2D eigenvalue weighted by Gasteiger charge is -2.06. The summed E-state index contributed by atoms with van der Waals surface area (Å²) in [6.45, 7) is 0. The zero-order valence-corrected chi connectivity index (χ0v) is 6.44. The molecule has 0 saturated carbocycles. The third kappa shape index (κ3) is 1.28. The number of hydrogen-bond donors (Lipinski definition) is 1. The number of para-hydroxylation sites is 1. The fourth-order valence-electron chi connectivity index (χ4n) is 1.25. The topological polar surface area (TPSA) is 15.8 Å². The minimum Gasteiger partial charge on any atom is -0.360 e. The van der Waals surface area contributed by atoms with Crippen LogP contribution in [0.1, 0.15) is 5.56 Å². The zero-order valence-electron chi connectivity index (χ0n) is 6.44. The molecule has 1 aromatic carbocycles. The Kier molecular flexibility index (Phi) is 1.58. The van der Waals surface area contributed by atoms with Crippen molar-refractivity contribution >= 4 is 10.9 Å². The average Bonchev–Trinajstić information content (AvgIpc) is 2.48. The zero-order chi connectivity index (χ0) is 9.47. The summed E-state index contributed by atoms with van der Waals surface area (Å²) in [6, 6.07) is 6.68. The van der Waals surface area contributed by atoms with Crippen molar-refractivity contribution in [1.82, 2.24) is 4.98 Å². The Balaban J connectivity index is 2.75. The molecule has 0 unspecified atom stereocenters. The normalized spacial score (nSPS) is 12.2.